The lowest BCUT2D eigenvalue weighted by molar-refractivity contribution is -0.274. The van der Waals surface area contributed by atoms with E-state index < -0.39 is 12.1 Å². The van der Waals surface area contributed by atoms with Crippen LogP contribution in [0.25, 0.3) is 11.1 Å². The third-order valence-electron chi connectivity index (χ3n) is 2.79. The molecule has 0 saturated carbocycles. The van der Waals surface area contributed by atoms with Crippen LogP contribution >= 0.6 is 0 Å². The van der Waals surface area contributed by atoms with E-state index in [9.17, 15) is 18.0 Å². The summed E-state index contributed by atoms with van der Waals surface area (Å²) >= 11 is 0. The molecule has 0 amide bonds. The zero-order chi connectivity index (χ0) is 16.2. The zero-order valence-electron chi connectivity index (χ0n) is 11.6. The van der Waals surface area contributed by atoms with Crippen molar-refractivity contribution in [2.75, 3.05) is 13.7 Å². The first kappa shape index (κ1) is 16.0. The summed E-state index contributed by atoms with van der Waals surface area (Å²) in [4.78, 5) is 10.9. The van der Waals surface area contributed by atoms with Crippen molar-refractivity contribution in [2.45, 2.75) is 12.9 Å². The van der Waals surface area contributed by atoms with Gasteiger partial charge in [-0.05, 0) is 23.8 Å². The number of benzene rings is 1. The number of methoxy groups -OCH3 is 1. The summed E-state index contributed by atoms with van der Waals surface area (Å²) in [5.74, 6) is -0.447. The number of halogens is 3. The maximum atomic E-state index is 12.3. The SMILES string of the molecule is COCCn1cc(-c2cc(C=O)cc(OC(F)(F)F)c2)cn1. The third kappa shape index (κ3) is 4.32. The van der Waals surface area contributed by atoms with Gasteiger partial charge in [0.05, 0.1) is 19.3 Å². The Labute approximate surface area is 124 Å². The molecule has 1 heterocycles. The van der Waals surface area contributed by atoms with Gasteiger partial charge in [-0.15, -0.1) is 13.2 Å². The van der Waals surface area contributed by atoms with Crippen LogP contribution in [0.15, 0.2) is 30.6 Å². The van der Waals surface area contributed by atoms with Crippen molar-refractivity contribution in [3.8, 4) is 16.9 Å². The Morgan fingerprint density at radius 2 is 2.05 bits per heavy atom. The molecule has 8 heteroatoms. The van der Waals surface area contributed by atoms with Gasteiger partial charge in [0, 0.05) is 24.4 Å². The lowest BCUT2D eigenvalue weighted by Crippen LogP contribution is -2.17. The normalized spacial score (nSPS) is 11.5. The van der Waals surface area contributed by atoms with Gasteiger partial charge in [0.15, 0.2) is 0 Å². The van der Waals surface area contributed by atoms with Crippen molar-refractivity contribution in [3.63, 3.8) is 0 Å². The summed E-state index contributed by atoms with van der Waals surface area (Å²) in [5, 5.41) is 4.08. The molecule has 5 nitrogen and oxygen atoms in total. The van der Waals surface area contributed by atoms with Gasteiger partial charge in [-0.2, -0.15) is 5.10 Å². The van der Waals surface area contributed by atoms with Crippen LogP contribution in [0.3, 0.4) is 0 Å². The van der Waals surface area contributed by atoms with Crippen molar-refractivity contribution in [1.29, 1.82) is 0 Å². The summed E-state index contributed by atoms with van der Waals surface area (Å²) in [6.45, 7) is 0.966. The molecule has 0 saturated heterocycles. The van der Waals surface area contributed by atoms with E-state index in [1.54, 1.807) is 18.0 Å². The molecule has 0 atom stereocenters. The Kier molecular flexibility index (Phi) is 4.81. The van der Waals surface area contributed by atoms with E-state index in [1.165, 1.54) is 18.3 Å². The molecule has 0 radical (unpaired) electrons. The van der Waals surface area contributed by atoms with Gasteiger partial charge < -0.3 is 9.47 Å². The Morgan fingerprint density at radius 3 is 2.68 bits per heavy atom. The molecule has 0 unspecified atom stereocenters. The summed E-state index contributed by atoms with van der Waals surface area (Å²) in [7, 11) is 1.55. The van der Waals surface area contributed by atoms with Crippen LogP contribution in [0.4, 0.5) is 13.2 Å². The van der Waals surface area contributed by atoms with E-state index in [-0.39, 0.29) is 5.56 Å². The summed E-state index contributed by atoms with van der Waals surface area (Å²) < 4.78 is 47.3. The second-order valence-electron chi connectivity index (χ2n) is 4.44. The number of nitrogens with zero attached hydrogens (tertiary/aromatic N) is 2. The highest BCUT2D eigenvalue weighted by molar-refractivity contribution is 5.80. The Hall–Kier alpha value is -2.35. The predicted octanol–water partition coefficient (Wildman–Crippen LogP) is 2.91. The number of aldehydes is 1. The van der Waals surface area contributed by atoms with Gasteiger partial charge in [0.2, 0.25) is 0 Å². The Bertz CT molecular complexity index is 653. The summed E-state index contributed by atoms with van der Waals surface area (Å²) in [5.41, 5.74) is 1.07. The number of aromatic nitrogens is 2. The number of ether oxygens (including phenoxy) is 2. The van der Waals surface area contributed by atoms with E-state index >= 15 is 0 Å². The first-order chi connectivity index (χ1) is 10.4. The molecule has 2 aromatic rings. The van der Waals surface area contributed by atoms with Crippen molar-refractivity contribution >= 4 is 6.29 Å². The molecule has 22 heavy (non-hydrogen) atoms. The molecule has 0 N–H and O–H groups in total. The van der Waals surface area contributed by atoms with Crippen LogP contribution in [-0.2, 0) is 11.3 Å². The maximum Gasteiger partial charge on any atom is 0.573 e. The van der Waals surface area contributed by atoms with E-state index in [0.29, 0.717) is 30.6 Å². The minimum absolute atomic E-state index is 0.0846. The fourth-order valence-electron chi connectivity index (χ4n) is 1.87. The number of rotatable bonds is 6. The third-order valence-corrected chi connectivity index (χ3v) is 2.79. The quantitative estimate of drug-likeness (QED) is 0.769. The number of hydrogen-bond acceptors (Lipinski definition) is 4. The number of alkyl halides is 3. The Morgan fingerprint density at radius 1 is 1.27 bits per heavy atom. The fraction of sp³-hybridized carbons (Fsp3) is 0.286. The van der Waals surface area contributed by atoms with Crippen LogP contribution in [0.5, 0.6) is 5.75 Å². The molecule has 0 aliphatic rings. The monoisotopic (exact) mass is 314 g/mol. The van der Waals surface area contributed by atoms with Crippen molar-refractivity contribution in [2.24, 2.45) is 0 Å². The number of carbonyl (C=O) groups excluding carboxylic acids is 1. The molecule has 0 fully saturated rings. The highest BCUT2D eigenvalue weighted by atomic mass is 19.4. The van der Waals surface area contributed by atoms with Gasteiger partial charge in [-0.25, -0.2) is 0 Å². The standard InChI is InChI=1S/C14H13F3N2O3/c1-21-3-2-19-8-12(7-18-19)11-4-10(9-20)5-13(6-11)22-14(15,16)17/h4-9H,2-3H2,1H3. The second kappa shape index (κ2) is 6.61. The molecule has 0 spiro atoms. The van der Waals surface area contributed by atoms with Crippen LogP contribution in [0.2, 0.25) is 0 Å². The molecule has 1 aromatic carbocycles. The topological polar surface area (TPSA) is 53.4 Å². The van der Waals surface area contributed by atoms with Gasteiger partial charge in [0.1, 0.15) is 12.0 Å². The molecule has 2 rings (SSSR count). The lowest BCUT2D eigenvalue weighted by atomic mass is 10.1. The lowest BCUT2D eigenvalue weighted by Gasteiger charge is -2.10. The average Bonchev–Trinajstić information content (AvgIpc) is 2.91. The maximum absolute atomic E-state index is 12.3. The van der Waals surface area contributed by atoms with Crippen LogP contribution in [0.1, 0.15) is 10.4 Å². The van der Waals surface area contributed by atoms with Gasteiger partial charge in [-0.3, -0.25) is 9.48 Å². The highest BCUT2D eigenvalue weighted by Gasteiger charge is 2.31. The van der Waals surface area contributed by atoms with E-state index in [1.807, 2.05) is 0 Å². The first-order valence-electron chi connectivity index (χ1n) is 6.29. The molecule has 0 aliphatic heterocycles. The molecular formula is C14H13F3N2O3. The molecular weight excluding hydrogens is 301 g/mol. The van der Waals surface area contributed by atoms with Crippen LogP contribution in [0, 0.1) is 0 Å². The van der Waals surface area contributed by atoms with Crippen LogP contribution < -0.4 is 4.74 Å². The van der Waals surface area contributed by atoms with Gasteiger partial charge >= 0.3 is 6.36 Å². The van der Waals surface area contributed by atoms with Crippen molar-refractivity contribution < 1.29 is 27.4 Å². The number of hydrogen-bond donors (Lipinski definition) is 0. The molecule has 1 aromatic heterocycles. The number of carbonyl (C=O) groups is 1. The first-order valence-corrected chi connectivity index (χ1v) is 6.29. The van der Waals surface area contributed by atoms with Crippen molar-refractivity contribution in [3.05, 3.63) is 36.2 Å². The summed E-state index contributed by atoms with van der Waals surface area (Å²) in [6.07, 6.45) is -1.21. The minimum Gasteiger partial charge on any atom is -0.406 e. The van der Waals surface area contributed by atoms with E-state index in [2.05, 4.69) is 9.84 Å². The smallest absolute Gasteiger partial charge is 0.406 e. The van der Waals surface area contributed by atoms with E-state index in [0.717, 1.165) is 6.07 Å². The summed E-state index contributed by atoms with van der Waals surface area (Å²) in [6, 6.07) is 3.70. The predicted molar refractivity (Wildman–Crippen MR) is 71.6 cm³/mol. The fourth-order valence-corrected chi connectivity index (χ4v) is 1.87. The minimum atomic E-state index is -4.82. The van der Waals surface area contributed by atoms with E-state index in [4.69, 9.17) is 4.74 Å². The highest BCUT2D eigenvalue weighted by Crippen LogP contribution is 2.29. The largest absolute Gasteiger partial charge is 0.573 e. The Balaban J connectivity index is 2.31. The van der Waals surface area contributed by atoms with Crippen LogP contribution in [-0.4, -0.2) is 36.1 Å². The molecule has 118 valence electrons. The second-order valence-corrected chi connectivity index (χ2v) is 4.44. The van der Waals surface area contributed by atoms with Gasteiger partial charge in [0.25, 0.3) is 0 Å². The molecule has 0 aliphatic carbocycles. The van der Waals surface area contributed by atoms with Gasteiger partial charge in [-0.1, -0.05) is 0 Å². The zero-order valence-corrected chi connectivity index (χ0v) is 11.6. The average molecular weight is 314 g/mol. The van der Waals surface area contributed by atoms with Crippen molar-refractivity contribution in [1.82, 2.24) is 9.78 Å². The molecule has 0 bridgehead atoms.